The molecule has 11 aromatic rings. The number of hydrogen-bond donors (Lipinski definition) is 0. The molecule has 0 fully saturated rings. The summed E-state index contributed by atoms with van der Waals surface area (Å²) in [6.45, 7) is 0. The molecular weight excluding hydrogens is 603 g/mol. The summed E-state index contributed by atoms with van der Waals surface area (Å²) in [4.78, 5) is 10.7. The second-order valence-electron chi connectivity index (χ2n) is 11.7. The van der Waals surface area contributed by atoms with Crippen LogP contribution in [-0.4, -0.2) is 14.5 Å². The highest BCUT2D eigenvalue weighted by Gasteiger charge is 2.23. The molecule has 11 rings (SSSR count). The van der Waals surface area contributed by atoms with Crippen LogP contribution in [0.2, 0.25) is 0 Å². The molecule has 4 nitrogen and oxygen atoms in total. The van der Waals surface area contributed by atoms with Crippen LogP contribution in [0.4, 0.5) is 0 Å². The van der Waals surface area contributed by atoms with E-state index in [9.17, 15) is 0 Å². The Hall–Kier alpha value is -5.56. The summed E-state index contributed by atoms with van der Waals surface area (Å²) in [6, 6.07) is 45.2. The largest absolute Gasteiger partial charge is 0.452 e. The summed E-state index contributed by atoms with van der Waals surface area (Å²) in [5.41, 5.74) is 6.35. The van der Waals surface area contributed by atoms with Crippen molar-refractivity contribution in [2.24, 2.45) is 0 Å². The number of aromatic nitrogens is 3. The van der Waals surface area contributed by atoms with Crippen LogP contribution in [0.3, 0.4) is 0 Å². The summed E-state index contributed by atoms with van der Waals surface area (Å²) in [6.07, 6.45) is 0. The van der Waals surface area contributed by atoms with Gasteiger partial charge in [0.05, 0.1) is 11.0 Å². The highest BCUT2D eigenvalue weighted by Crippen LogP contribution is 2.44. The molecule has 0 aliphatic rings. The van der Waals surface area contributed by atoms with Gasteiger partial charge in [0.1, 0.15) is 16.8 Å². The van der Waals surface area contributed by atoms with Gasteiger partial charge in [-0.25, -0.2) is 9.97 Å². The fourth-order valence-electron chi connectivity index (χ4n) is 7.22. The molecule has 0 bridgehead atoms. The molecule has 5 aromatic heterocycles. The normalized spacial score (nSPS) is 12.3. The van der Waals surface area contributed by atoms with Crippen LogP contribution < -0.4 is 0 Å². The van der Waals surface area contributed by atoms with E-state index < -0.39 is 0 Å². The Balaban J connectivity index is 1.31. The third-order valence-corrected chi connectivity index (χ3v) is 11.5. The molecule has 0 unspecified atom stereocenters. The van der Waals surface area contributed by atoms with Gasteiger partial charge in [-0.3, -0.25) is 4.57 Å². The summed E-state index contributed by atoms with van der Waals surface area (Å²) < 4.78 is 13.9. The molecule has 0 saturated carbocycles. The zero-order chi connectivity index (χ0) is 29.9. The first kappa shape index (κ1) is 24.7. The Morgan fingerprint density at radius 1 is 0.522 bits per heavy atom. The Morgan fingerprint density at radius 3 is 2.09 bits per heavy atom. The molecule has 0 radical (unpaired) electrons. The van der Waals surface area contributed by atoms with Crippen molar-refractivity contribution in [1.82, 2.24) is 14.5 Å². The number of rotatable bonds is 2. The van der Waals surface area contributed by atoms with Crippen LogP contribution in [0, 0.1) is 0 Å². The summed E-state index contributed by atoms with van der Waals surface area (Å²) in [5, 5.41) is 8.34. The molecule has 0 spiro atoms. The van der Waals surface area contributed by atoms with Crippen molar-refractivity contribution in [3.8, 4) is 17.2 Å². The first-order valence-electron chi connectivity index (χ1n) is 15.2. The Bertz CT molecular complexity index is 3050. The molecule has 214 valence electrons. The molecule has 0 N–H and O–H groups in total. The molecule has 6 heteroatoms. The topological polar surface area (TPSA) is 43.9 Å². The lowest BCUT2D eigenvalue weighted by atomic mass is 10.1. The van der Waals surface area contributed by atoms with E-state index in [1.165, 1.54) is 51.1 Å². The summed E-state index contributed by atoms with van der Waals surface area (Å²) in [5.74, 6) is 0.637. The molecule has 5 heterocycles. The second kappa shape index (κ2) is 9.01. The number of hydrogen-bond acceptors (Lipinski definition) is 5. The van der Waals surface area contributed by atoms with Gasteiger partial charge in [-0.15, -0.1) is 22.7 Å². The zero-order valence-corrected chi connectivity index (χ0v) is 25.8. The number of fused-ring (bicyclic) bond motifs is 13. The fraction of sp³-hybridized carbons (Fsp3) is 0. The SMILES string of the molecule is c1ccc2c(c1)oc1c(-c3ccc4sc5ccccc5c4c3)nc(-n3c4ccccc4c4ccc5sc6ccccc6c5c43)nc12. The molecule has 6 aromatic carbocycles. The van der Waals surface area contributed by atoms with Crippen molar-refractivity contribution in [2.45, 2.75) is 0 Å². The fourth-order valence-corrected chi connectivity index (χ4v) is 9.42. The van der Waals surface area contributed by atoms with E-state index in [2.05, 4.69) is 114 Å². The van der Waals surface area contributed by atoms with Crippen molar-refractivity contribution in [3.05, 3.63) is 127 Å². The first-order valence-corrected chi connectivity index (χ1v) is 16.9. The van der Waals surface area contributed by atoms with Crippen LogP contribution in [0.15, 0.2) is 132 Å². The van der Waals surface area contributed by atoms with Gasteiger partial charge < -0.3 is 4.42 Å². The van der Waals surface area contributed by atoms with E-state index in [4.69, 9.17) is 14.4 Å². The van der Waals surface area contributed by atoms with Gasteiger partial charge in [0.2, 0.25) is 5.95 Å². The summed E-state index contributed by atoms with van der Waals surface area (Å²) in [7, 11) is 0. The molecule has 0 aliphatic carbocycles. The molecule has 0 atom stereocenters. The number of para-hydroxylation sites is 2. The van der Waals surface area contributed by atoms with Crippen LogP contribution in [-0.2, 0) is 0 Å². The minimum Gasteiger partial charge on any atom is -0.452 e. The zero-order valence-electron chi connectivity index (χ0n) is 24.2. The van der Waals surface area contributed by atoms with Gasteiger partial charge in [-0.05, 0) is 48.5 Å². The molecule has 46 heavy (non-hydrogen) atoms. The van der Waals surface area contributed by atoms with Crippen molar-refractivity contribution in [3.63, 3.8) is 0 Å². The Labute approximate surface area is 269 Å². The quantitative estimate of drug-likeness (QED) is 0.192. The van der Waals surface area contributed by atoms with Crippen LogP contribution in [0.5, 0.6) is 0 Å². The Kier molecular flexibility index (Phi) is 4.84. The van der Waals surface area contributed by atoms with Crippen molar-refractivity contribution < 1.29 is 4.42 Å². The van der Waals surface area contributed by atoms with E-state index in [1.54, 1.807) is 0 Å². The van der Waals surface area contributed by atoms with Gasteiger partial charge >= 0.3 is 0 Å². The monoisotopic (exact) mass is 623 g/mol. The maximum Gasteiger partial charge on any atom is 0.236 e. The molecular formula is C40H21N3OS2. The number of benzene rings is 6. The lowest BCUT2D eigenvalue weighted by Gasteiger charge is -2.10. The highest BCUT2D eigenvalue weighted by molar-refractivity contribution is 7.26. The first-order chi connectivity index (χ1) is 22.8. The minimum atomic E-state index is 0.637. The maximum absolute atomic E-state index is 6.55. The van der Waals surface area contributed by atoms with Gasteiger partial charge in [0.15, 0.2) is 5.58 Å². The predicted octanol–water partition coefficient (Wildman–Crippen LogP) is 11.9. The smallest absolute Gasteiger partial charge is 0.236 e. The number of thiophene rings is 2. The average molecular weight is 624 g/mol. The van der Waals surface area contributed by atoms with E-state index in [1.807, 2.05) is 40.9 Å². The third-order valence-electron chi connectivity index (χ3n) is 9.23. The van der Waals surface area contributed by atoms with Gasteiger partial charge in [-0.1, -0.05) is 78.9 Å². The highest BCUT2D eigenvalue weighted by atomic mass is 32.1. The van der Waals surface area contributed by atoms with Crippen LogP contribution in [0.25, 0.3) is 101 Å². The number of furan rings is 1. The van der Waals surface area contributed by atoms with E-state index in [0.717, 1.165) is 38.8 Å². The lowest BCUT2D eigenvalue weighted by Crippen LogP contribution is -2.03. The van der Waals surface area contributed by atoms with E-state index >= 15 is 0 Å². The molecule has 0 saturated heterocycles. The van der Waals surface area contributed by atoms with E-state index in [-0.39, 0.29) is 0 Å². The van der Waals surface area contributed by atoms with Gasteiger partial charge in [0.25, 0.3) is 0 Å². The standard InChI is InChI=1S/C40H21N3OS2/c1-5-13-29-23(9-1)25-18-20-34-35(27-12-4-8-16-32(27)46-34)38(25)43(29)40-41-36(39-37(42-40)26-11-2-6-14-30(26)44-39)22-17-19-33-28(21-22)24-10-3-7-15-31(24)45-33/h1-21H. The van der Waals surface area contributed by atoms with Gasteiger partial charge in [0, 0.05) is 62.1 Å². The minimum absolute atomic E-state index is 0.637. The number of nitrogens with zero attached hydrogens (tertiary/aromatic N) is 3. The van der Waals surface area contributed by atoms with Crippen molar-refractivity contribution in [2.75, 3.05) is 0 Å². The second-order valence-corrected chi connectivity index (χ2v) is 13.9. The van der Waals surface area contributed by atoms with Gasteiger partial charge in [-0.2, -0.15) is 0 Å². The summed E-state index contributed by atoms with van der Waals surface area (Å²) >= 11 is 3.65. The average Bonchev–Trinajstić information content (AvgIpc) is 3.86. The predicted molar refractivity (Wildman–Crippen MR) is 195 cm³/mol. The third kappa shape index (κ3) is 3.27. The molecule has 0 amide bonds. The molecule has 0 aliphatic heterocycles. The lowest BCUT2D eigenvalue weighted by molar-refractivity contribution is 0.666. The Morgan fingerprint density at radius 2 is 1.20 bits per heavy atom. The maximum atomic E-state index is 6.55. The van der Waals surface area contributed by atoms with Crippen LogP contribution >= 0.6 is 22.7 Å². The van der Waals surface area contributed by atoms with Crippen molar-refractivity contribution >= 4 is 107 Å². The van der Waals surface area contributed by atoms with Crippen molar-refractivity contribution in [1.29, 1.82) is 0 Å². The van der Waals surface area contributed by atoms with E-state index in [0.29, 0.717) is 11.5 Å². The van der Waals surface area contributed by atoms with Crippen LogP contribution in [0.1, 0.15) is 0 Å².